The number of rotatable bonds is 5. The van der Waals surface area contributed by atoms with Crippen molar-refractivity contribution >= 4 is 11.8 Å². The Morgan fingerprint density at radius 1 is 1.56 bits per heavy atom. The van der Waals surface area contributed by atoms with E-state index < -0.39 is 0 Å². The molecule has 2 heterocycles. The van der Waals surface area contributed by atoms with Gasteiger partial charge in [-0.25, -0.2) is 0 Å². The van der Waals surface area contributed by atoms with Crippen molar-refractivity contribution in [2.45, 2.75) is 18.9 Å². The van der Waals surface area contributed by atoms with E-state index in [2.05, 4.69) is 15.5 Å². The number of ether oxygens (including phenoxy) is 1. The predicted molar refractivity (Wildman–Crippen MR) is 62.6 cm³/mol. The molecule has 1 aromatic rings. The average Bonchev–Trinajstić information content (AvgIpc) is 2.79. The van der Waals surface area contributed by atoms with E-state index in [9.17, 15) is 0 Å². The van der Waals surface area contributed by atoms with E-state index in [4.69, 9.17) is 9.26 Å². The van der Waals surface area contributed by atoms with Gasteiger partial charge < -0.3 is 14.6 Å². The highest BCUT2D eigenvalue weighted by atomic mass is 32.2. The Morgan fingerprint density at radius 3 is 3.25 bits per heavy atom. The maximum atomic E-state index is 5.58. The number of nitrogens with one attached hydrogen (secondary N) is 1. The molecular formula is C10H17N3O2S. The molecule has 16 heavy (non-hydrogen) atoms. The summed E-state index contributed by atoms with van der Waals surface area (Å²) in [5.74, 6) is 3.40. The molecular weight excluding hydrogens is 226 g/mol. The van der Waals surface area contributed by atoms with Crippen molar-refractivity contribution in [1.29, 1.82) is 0 Å². The fraction of sp³-hybridized carbons (Fsp3) is 0.800. The van der Waals surface area contributed by atoms with E-state index in [1.807, 2.05) is 18.8 Å². The molecule has 1 aliphatic rings. The molecule has 90 valence electrons. The van der Waals surface area contributed by atoms with Gasteiger partial charge in [-0.2, -0.15) is 16.7 Å². The summed E-state index contributed by atoms with van der Waals surface area (Å²) in [6.45, 7) is 1.74. The maximum absolute atomic E-state index is 5.58. The van der Waals surface area contributed by atoms with E-state index >= 15 is 0 Å². The average molecular weight is 243 g/mol. The second-order valence-electron chi connectivity index (χ2n) is 3.69. The Kier molecular flexibility index (Phi) is 4.62. The molecule has 6 heteroatoms. The van der Waals surface area contributed by atoms with E-state index in [0.29, 0.717) is 11.7 Å². The lowest BCUT2D eigenvalue weighted by Crippen LogP contribution is -2.16. The fourth-order valence-electron chi connectivity index (χ4n) is 1.55. The molecule has 1 fully saturated rings. The molecule has 0 spiro atoms. The highest BCUT2D eigenvalue weighted by Gasteiger charge is 2.21. The Balaban J connectivity index is 1.85. The van der Waals surface area contributed by atoms with E-state index in [-0.39, 0.29) is 6.10 Å². The van der Waals surface area contributed by atoms with E-state index in [1.165, 1.54) is 0 Å². The zero-order chi connectivity index (χ0) is 11.2. The summed E-state index contributed by atoms with van der Waals surface area (Å²) in [7, 11) is 1.94. The van der Waals surface area contributed by atoms with Crippen LogP contribution in [0.4, 0.5) is 0 Å². The third kappa shape index (κ3) is 3.20. The Hall–Kier alpha value is -0.590. The van der Waals surface area contributed by atoms with Crippen LogP contribution >= 0.6 is 11.8 Å². The standard InChI is InChI=1S/C10H17N3O2S/c1-11-4-2-3-9-12-10(13-15-9)8-7-16-6-5-14-8/h8,11H,2-7H2,1H3. The van der Waals surface area contributed by atoms with Gasteiger partial charge in [-0.15, -0.1) is 0 Å². The van der Waals surface area contributed by atoms with Crippen molar-refractivity contribution in [3.63, 3.8) is 0 Å². The normalized spacial score (nSPS) is 21.2. The van der Waals surface area contributed by atoms with Gasteiger partial charge in [0.2, 0.25) is 11.7 Å². The molecule has 0 aliphatic carbocycles. The van der Waals surface area contributed by atoms with Crippen molar-refractivity contribution in [2.24, 2.45) is 0 Å². The Bertz CT molecular complexity index is 313. The third-order valence-electron chi connectivity index (χ3n) is 2.41. The lowest BCUT2D eigenvalue weighted by Gasteiger charge is -2.18. The van der Waals surface area contributed by atoms with Crippen LogP contribution in [0.25, 0.3) is 0 Å². The second kappa shape index (κ2) is 6.22. The summed E-state index contributed by atoms with van der Waals surface area (Å²) in [5, 5.41) is 7.06. The minimum absolute atomic E-state index is 0.0144. The molecule has 0 bridgehead atoms. The first-order valence-electron chi connectivity index (χ1n) is 5.56. The van der Waals surface area contributed by atoms with Crippen molar-refractivity contribution in [3.8, 4) is 0 Å². The molecule has 1 atom stereocenters. The predicted octanol–water partition coefficient (Wildman–Crippen LogP) is 1.03. The van der Waals surface area contributed by atoms with Crippen LogP contribution in [0.15, 0.2) is 4.52 Å². The molecule has 1 aliphatic heterocycles. The number of aryl methyl sites for hydroxylation is 1. The molecule has 1 N–H and O–H groups in total. The monoisotopic (exact) mass is 243 g/mol. The Labute approximate surface area is 99.3 Å². The molecule has 0 aromatic carbocycles. The highest BCUT2D eigenvalue weighted by Crippen LogP contribution is 2.24. The van der Waals surface area contributed by atoms with Gasteiger partial charge in [-0.3, -0.25) is 0 Å². The molecule has 5 nitrogen and oxygen atoms in total. The van der Waals surface area contributed by atoms with Crippen molar-refractivity contribution in [1.82, 2.24) is 15.5 Å². The summed E-state index contributed by atoms with van der Waals surface area (Å²) < 4.78 is 10.8. The third-order valence-corrected chi connectivity index (χ3v) is 3.40. The van der Waals surface area contributed by atoms with Crippen molar-refractivity contribution in [2.75, 3.05) is 31.7 Å². The molecule has 1 saturated heterocycles. The SMILES string of the molecule is CNCCCc1nc(C2CSCCO2)no1. The van der Waals surface area contributed by atoms with Gasteiger partial charge in [-0.1, -0.05) is 5.16 Å². The maximum Gasteiger partial charge on any atom is 0.226 e. The van der Waals surface area contributed by atoms with Crippen LogP contribution in [-0.4, -0.2) is 41.8 Å². The molecule has 1 unspecified atom stereocenters. The van der Waals surface area contributed by atoms with Gasteiger partial charge in [0.25, 0.3) is 0 Å². The number of thioether (sulfide) groups is 1. The van der Waals surface area contributed by atoms with Crippen molar-refractivity contribution < 1.29 is 9.26 Å². The number of hydrogen-bond donors (Lipinski definition) is 1. The summed E-state index contributed by atoms with van der Waals surface area (Å²) in [6.07, 6.45) is 1.85. The number of nitrogens with zero attached hydrogens (tertiary/aromatic N) is 2. The molecule has 0 radical (unpaired) electrons. The summed E-state index contributed by atoms with van der Waals surface area (Å²) in [6, 6.07) is 0. The van der Waals surface area contributed by atoms with Gasteiger partial charge in [-0.05, 0) is 20.0 Å². The number of aromatic nitrogens is 2. The topological polar surface area (TPSA) is 60.2 Å². The first-order chi connectivity index (χ1) is 7.90. The highest BCUT2D eigenvalue weighted by molar-refractivity contribution is 7.99. The molecule has 2 rings (SSSR count). The first-order valence-corrected chi connectivity index (χ1v) is 6.72. The second-order valence-corrected chi connectivity index (χ2v) is 4.84. The molecule has 1 aromatic heterocycles. The zero-order valence-electron chi connectivity index (χ0n) is 9.44. The first kappa shape index (κ1) is 11.9. The van der Waals surface area contributed by atoms with Crippen LogP contribution in [-0.2, 0) is 11.2 Å². The van der Waals surface area contributed by atoms with Crippen LogP contribution in [0.2, 0.25) is 0 Å². The van der Waals surface area contributed by atoms with Crippen LogP contribution in [0.5, 0.6) is 0 Å². The quantitative estimate of drug-likeness (QED) is 0.779. The van der Waals surface area contributed by atoms with E-state index in [1.54, 1.807) is 0 Å². The fourth-order valence-corrected chi connectivity index (χ4v) is 2.39. The van der Waals surface area contributed by atoms with Gasteiger partial charge in [0.1, 0.15) is 6.10 Å². The van der Waals surface area contributed by atoms with Gasteiger partial charge >= 0.3 is 0 Å². The smallest absolute Gasteiger partial charge is 0.226 e. The van der Waals surface area contributed by atoms with Crippen molar-refractivity contribution in [3.05, 3.63) is 11.7 Å². The van der Waals surface area contributed by atoms with Crippen LogP contribution < -0.4 is 5.32 Å². The van der Waals surface area contributed by atoms with Gasteiger partial charge in [0.05, 0.1) is 6.61 Å². The lowest BCUT2D eigenvalue weighted by molar-refractivity contribution is 0.0677. The summed E-state index contributed by atoms with van der Waals surface area (Å²) >= 11 is 1.87. The van der Waals surface area contributed by atoms with E-state index in [0.717, 1.165) is 37.5 Å². The van der Waals surface area contributed by atoms with Gasteiger partial charge in [0, 0.05) is 17.9 Å². The lowest BCUT2D eigenvalue weighted by atomic mass is 10.3. The van der Waals surface area contributed by atoms with Crippen LogP contribution in [0.1, 0.15) is 24.2 Å². The zero-order valence-corrected chi connectivity index (χ0v) is 10.3. The van der Waals surface area contributed by atoms with Crippen LogP contribution in [0.3, 0.4) is 0 Å². The molecule has 0 saturated carbocycles. The Morgan fingerprint density at radius 2 is 2.50 bits per heavy atom. The van der Waals surface area contributed by atoms with Gasteiger partial charge in [0.15, 0.2) is 0 Å². The molecule has 0 amide bonds. The largest absolute Gasteiger partial charge is 0.368 e. The minimum atomic E-state index is 0.0144. The summed E-state index contributed by atoms with van der Waals surface area (Å²) in [4.78, 5) is 4.36. The van der Waals surface area contributed by atoms with Crippen LogP contribution in [0, 0.1) is 0 Å². The minimum Gasteiger partial charge on any atom is -0.368 e. The number of hydrogen-bond acceptors (Lipinski definition) is 6. The summed E-state index contributed by atoms with van der Waals surface area (Å²) in [5.41, 5.74) is 0.